The van der Waals surface area contributed by atoms with Gasteiger partial charge in [-0.05, 0) is 30.7 Å². The summed E-state index contributed by atoms with van der Waals surface area (Å²) in [6.07, 6.45) is 1.72. The molecule has 1 aromatic carbocycles. The fourth-order valence-corrected chi connectivity index (χ4v) is 5.64. The number of aryl methyl sites for hydroxylation is 1. The highest BCUT2D eigenvalue weighted by Crippen LogP contribution is 2.26. The summed E-state index contributed by atoms with van der Waals surface area (Å²) in [5, 5.41) is 11.1. The van der Waals surface area contributed by atoms with Crippen LogP contribution >= 0.6 is 0 Å². The van der Waals surface area contributed by atoms with Crippen LogP contribution in [-0.4, -0.2) is 81.3 Å². The van der Waals surface area contributed by atoms with E-state index in [1.807, 2.05) is 6.07 Å². The maximum absolute atomic E-state index is 13.2. The number of sulfonamides is 1. The summed E-state index contributed by atoms with van der Waals surface area (Å²) in [6, 6.07) is 6.87. The van der Waals surface area contributed by atoms with Crippen LogP contribution in [0.3, 0.4) is 0 Å². The highest BCUT2D eigenvalue weighted by Gasteiger charge is 2.30. The highest BCUT2D eigenvalue weighted by molar-refractivity contribution is 7.89. The molecule has 11 heteroatoms. The Hall–Kier alpha value is -2.76. The zero-order valence-corrected chi connectivity index (χ0v) is 19.1. The fraction of sp³-hybridized carbons (Fsp3) is 0.476. The first kappa shape index (κ1) is 22.4. The van der Waals surface area contributed by atoms with Crippen LogP contribution in [0.2, 0.25) is 0 Å². The van der Waals surface area contributed by atoms with Gasteiger partial charge in [-0.3, -0.25) is 4.79 Å². The van der Waals surface area contributed by atoms with Crippen molar-refractivity contribution in [3.63, 3.8) is 0 Å². The molecule has 3 heterocycles. The zero-order chi connectivity index (χ0) is 22.7. The van der Waals surface area contributed by atoms with E-state index in [0.29, 0.717) is 50.6 Å². The predicted octanol–water partition coefficient (Wildman–Crippen LogP) is 1.09. The first-order valence-electron chi connectivity index (χ1n) is 10.6. The molecule has 1 aromatic heterocycles. The lowest BCUT2D eigenvalue weighted by atomic mass is 10.2. The molecule has 2 fully saturated rings. The quantitative estimate of drug-likeness (QED) is 0.707. The average Bonchev–Trinajstić information content (AvgIpc) is 2.79. The van der Waals surface area contributed by atoms with Crippen LogP contribution in [0.5, 0.6) is 0 Å². The number of amides is 1. The first-order valence-corrected chi connectivity index (χ1v) is 12.1. The summed E-state index contributed by atoms with van der Waals surface area (Å²) in [5.74, 6) is 0.620. The molecule has 32 heavy (non-hydrogen) atoms. The van der Waals surface area contributed by atoms with Gasteiger partial charge in [0, 0.05) is 57.9 Å². The minimum atomic E-state index is -3.62. The molecule has 0 spiro atoms. The van der Waals surface area contributed by atoms with E-state index >= 15 is 0 Å². The highest BCUT2D eigenvalue weighted by atomic mass is 32.2. The van der Waals surface area contributed by atoms with Crippen molar-refractivity contribution in [2.45, 2.75) is 18.7 Å². The van der Waals surface area contributed by atoms with Crippen LogP contribution in [0, 0.1) is 6.92 Å². The number of morpholine rings is 1. The Labute approximate surface area is 188 Å². The van der Waals surface area contributed by atoms with Gasteiger partial charge in [0.1, 0.15) is 0 Å². The number of carbonyl (C=O) groups excluding carboxylic acids is 1. The van der Waals surface area contributed by atoms with Gasteiger partial charge in [-0.15, -0.1) is 5.10 Å². The van der Waals surface area contributed by atoms with Gasteiger partial charge in [-0.1, -0.05) is 0 Å². The molecular weight excluding hydrogens is 432 g/mol. The van der Waals surface area contributed by atoms with Gasteiger partial charge in [0.2, 0.25) is 15.9 Å². The van der Waals surface area contributed by atoms with Crippen LogP contribution in [0.15, 0.2) is 35.4 Å². The maximum atomic E-state index is 13.2. The Morgan fingerprint density at radius 1 is 1.03 bits per heavy atom. The third-order valence-corrected chi connectivity index (χ3v) is 7.74. The number of piperazine rings is 1. The van der Waals surface area contributed by atoms with E-state index < -0.39 is 10.0 Å². The van der Waals surface area contributed by atoms with Gasteiger partial charge in [-0.25, -0.2) is 8.42 Å². The van der Waals surface area contributed by atoms with Gasteiger partial charge < -0.3 is 19.9 Å². The van der Waals surface area contributed by atoms with Crippen LogP contribution in [0.1, 0.15) is 12.5 Å². The number of rotatable bonds is 5. The number of benzene rings is 1. The molecule has 0 aliphatic carbocycles. The normalized spacial score (nSPS) is 17.9. The Balaban J connectivity index is 1.44. The minimum Gasteiger partial charge on any atom is -0.378 e. The Morgan fingerprint density at radius 3 is 2.41 bits per heavy atom. The second-order valence-corrected chi connectivity index (χ2v) is 9.83. The summed E-state index contributed by atoms with van der Waals surface area (Å²) >= 11 is 0. The summed E-state index contributed by atoms with van der Waals surface area (Å²) < 4.78 is 33.4. The standard InChI is InChI=1S/C21H28N6O4S/c1-16-13-18(23-17(2)28)3-4-20(16)32(29,30)27-7-5-25(6-8-27)19-14-21(24-22-15-19)26-9-11-31-12-10-26/h3-4,13-15H,5-12H2,1-2H3,(H,23,28). The largest absolute Gasteiger partial charge is 0.378 e. The van der Waals surface area contributed by atoms with Gasteiger partial charge >= 0.3 is 0 Å². The third kappa shape index (κ3) is 4.84. The van der Waals surface area contributed by atoms with E-state index in [2.05, 4.69) is 25.3 Å². The van der Waals surface area contributed by atoms with E-state index in [1.54, 1.807) is 31.3 Å². The second-order valence-electron chi connectivity index (χ2n) is 7.92. The second kappa shape index (κ2) is 9.39. The summed E-state index contributed by atoms with van der Waals surface area (Å²) in [6.45, 7) is 7.96. The van der Waals surface area contributed by atoms with Gasteiger partial charge in [0.25, 0.3) is 0 Å². The summed E-state index contributed by atoms with van der Waals surface area (Å²) in [5.41, 5.74) is 2.13. The number of nitrogens with one attached hydrogen (secondary N) is 1. The van der Waals surface area contributed by atoms with Crippen molar-refractivity contribution in [3.05, 3.63) is 36.0 Å². The molecule has 1 amide bonds. The summed E-state index contributed by atoms with van der Waals surface area (Å²) in [4.78, 5) is 15.8. The Bertz CT molecular complexity index is 1080. The maximum Gasteiger partial charge on any atom is 0.243 e. The van der Waals surface area contributed by atoms with Crippen LogP contribution in [0.25, 0.3) is 0 Å². The molecule has 0 unspecified atom stereocenters. The molecule has 2 aromatic rings. The van der Waals surface area contributed by atoms with Gasteiger partial charge in [-0.2, -0.15) is 9.40 Å². The SMILES string of the molecule is CC(=O)Nc1ccc(S(=O)(=O)N2CCN(c3cnnc(N4CCOCC4)c3)CC2)c(C)c1. The smallest absolute Gasteiger partial charge is 0.243 e. The molecule has 2 aliphatic heterocycles. The third-order valence-electron chi connectivity index (χ3n) is 5.68. The number of carbonyl (C=O) groups is 1. The summed E-state index contributed by atoms with van der Waals surface area (Å²) in [7, 11) is -3.62. The Morgan fingerprint density at radius 2 is 1.75 bits per heavy atom. The van der Waals surface area contributed by atoms with Crippen molar-refractivity contribution < 1.29 is 17.9 Å². The lowest BCUT2D eigenvalue weighted by Gasteiger charge is -2.36. The fourth-order valence-electron chi connectivity index (χ4n) is 4.01. The van der Waals surface area contributed by atoms with Crippen molar-refractivity contribution in [1.29, 1.82) is 0 Å². The molecule has 2 saturated heterocycles. The minimum absolute atomic E-state index is 0.196. The topological polar surface area (TPSA) is 108 Å². The van der Waals surface area contributed by atoms with E-state index in [9.17, 15) is 13.2 Å². The molecular formula is C21H28N6O4S. The molecule has 1 N–H and O–H groups in total. The van der Waals surface area contributed by atoms with Crippen LogP contribution < -0.4 is 15.1 Å². The van der Waals surface area contributed by atoms with Crippen molar-refractivity contribution in [1.82, 2.24) is 14.5 Å². The molecule has 0 bridgehead atoms. The Kier molecular flexibility index (Phi) is 6.58. The van der Waals surface area contributed by atoms with Gasteiger partial charge in [0.05, 0.1) is 30.0 Å². The lowest BCUT2D eigenvalue weighted by molar-refractivity contribution is -0.114. The molecule has 0 radical (unpaired) electrons. The van der Waals surface area contributed by atoms with E-state index in [-0.39, 0.29) is 10.8 Å². The first-order chi connectivity index (χ1) is 15.3. The molecule has 4 rings (SSSR count). The zero-order valence-electron chi connectivity index (χ0n) is 18.3. The van der Waals surface area contributed by atoms with Crippen molar-refractivity contribution in [2.75, 3.05) is 67.6 Å². The lowest BCUT2D eigenvalue weighted by Crippen LogP contribution is -2.49. The van der Waals surface area contributed by atoms with Crippen LogP contribution in [-0.2, 0) is 19.6 Å². The van der Waals surface area contributed by atoms with Crippen molar-refractivity contribution in [2.24, 2.45) is 0 Å². The average molecular weight is 461 g/mol. The van der Waals surface area contributed by atoms with Crippen molar-refractivity contribution >= 4 is 33.1 Å². The van der Waals surface area contributed by atoms with Gasteiger partial charge in [0.15, 0.2) is 5.82 Å². The van der Waals surface area contributed by atoms with E-state index in [0.717, 1.165) is 24.6 Å². The van der Waals surface area contributed by atoms with Crippen LogP contribution in [0.4, 0.5) is 17.2 Å². The molecule has 172 valence electrons. The van der Waals surface area contributed by atoms with E-state index in [1.165, 1.54) is 11.2 Å². The molecule has 0 atom stereocenters. The number of aromatic nitrogens is 2. The predicted molar refractivity (Wildman–Crippen MR) is 122 cm³/mol. The molecule has 2 aliphatic rings. The molecule has 0 saturated carbocycles. The number of hydrogen-bond acceptors (Lipinski definition) is 8. The number of ether oxygens (including phenoxy) is 1. The van der Waals surface area contributed by atoms with E-state index in [4.69, 9.17) is 4.74 Å². The monoisotopic (exact) mass is 460 g/mol. The number of hydrogen-bond donors (Lipinski definition) is 1. The number of anilines is 3. The molecule has 10 nitrogen and oxygen atoms in total. The van der Waals surface area contributed by atoms with Crippen molar-refractivity contribution in [3.8, 4) is 0 Å². The number of nitrogens with zero attached hydrogens (tertiary/aromatic N) is 5.